The van der Waals surface area contributed by atoms with E-state index in [1.165, 1.54) is 10.5 Å². The second-order valence-corrected chi connectivity index (χ2v) is 7.88. The summed E-state index contributed by atoms with van der Waals surface area (Å²) in [6, 6.07) is 10.3. The van der Waals surface area contributed by atoms with Gasteiger partial charge in [0.15, 0.2) is 0 Å². The molecule has 1 aromatic heterocycles. The zero-order valence-electron chi connectivity index (χ0n) is 13.3. The summed E-state index contributed by atoms with van der Waals surface area (Å²) in [5.41, 5.74) is 2.50. The number of pyridine rings is 1. The smallest absolute Gasteiger partial charge is 0.243 e. The van der Waals surface area contributed by atoms with Crippen molar-refractivity contribution in [2.75, 3.05) is 11.1 Å². The van der Waals surface area contributed by atoms with Crippen molar-refractivity contribution < 1.29 is 13.2 Å². The standard InChI is InChI=1S/C17H19N3O3S/c1-2-24(22,23)20-12-14-7-4-3-6-13(14)10-16(20)17(21)19-15-8-5-9-18-11-15/h3-9,11,16H,2,10,12H2,1H3,(H,19,21). The number of sulfonamides is 1. The number of hydrogen-bond donors (Lipinski definition) is 1. The van der Waals surface area contributed by atoms with Crippen molar-refractivity contribution in [3.05, 3.63) is 59.9 Å². The maximum atomic E-state index is 12.7. The van der Waals surface area contributed by atoms with E-state index in [1.807, 2.05) is 24.3 Å². The number of fused-ring (bicyclic) bond motifs is 1. The molecule has 1 aliphatic heterocycles. The van der Waals surface area contributed by atoms with Crippen molar-refractivity contribution in [1.29, 1.82) is 0 Å². The van der Waals surface area contributed by atoms with Crippen LogP contribution < -0.4 is 5.32 Å². The fourth-order valence-corrected chi connectivity index (χ4v) is 4.07. The number of amides is 1. The maximum Gasteiger partial charge on any atom is 0.243 e. The molecule has 1 atom stereocenters. The largest absolute Gasteiger partial charge is 0.323 e. The van der Waals surface area contributed by atoms with Crippen LogP contribution in [-0.4, -0.2) is 35.4 Å². The van der Waals surface area contributed by atoms with Gasteiger partial charge in [-0.3, -0.25) is 9.78 Å². The third-order valence-electron chi connectivity index (χ3n) is 4.16. The number of anilines is 1. The molecule has 0 aliphatic carbocycles. The molecule has 24 heavy (non-hydrogen) atoms. The van der Waals surface area contributed by atoms with Crippen LogP contribution >= 0.6 is 0 Å². The molecule has 1 unspecified atom stereocenters. The van der Waals surface area contributed by atoms with E-state index in [0.717, 1.165) is 11.1 Å². The highest BCUT2D eigenvalue weighted by atomic mass is 32.2. The Labute approximate surface area is 141 Å². The minimum atomic E-state index is -3.49. The molecule has 0 radical (unpaired) electrons. The second kappa shape index (κ2) is 6.70. The maximum absolute atomic E-state index is 12.7. The van der Waals surface area contributed by atoms with E-state index in [0.29, 0.717) is 12.1 Å². The molecule has 1 aliphatic rings. The second-order valence-electron chi connectivity index (χ2n) is 5.67. The van der Waals surface area contributed by atoms with Gasteiger partial charge in [-0.2, -0.15) is 4.31 Å². The lowest BCUT2D eigenvalue weighted by Gasteiger charge is -2.34. The normalized spacial score (nSPS) is 18.0. The lowest BCUT2D eigenvalue weighted by atomic mass is 9.95. The van der Waals surface area contributed by atoms with Crippen LogP contribution in [0.5, 0.6) is 0 Å². The van der Waals surface area contributed by atoms with Crippen molar-refractivity contribution in [3.8, 4) is 0 Å². The van der Waals surface area contributed by atoms with Gasteiger partial charge < -0.3 is 5.32 Å². The van der Waals surface area contributed by atoms with Crippen LogP contribution in [0.3, 0.4) is 0 Å². The first-order valence-corrected chi connectivity index (χ1v) is 9.39. The molecule has 0 spiro atoms. The summed E-state index contributed by atoms with van der Waals surface area (Å²) < 4.78 is 26.2. The van der Waals surface area contributed by atoms with E-state index in [2.05, 4.69) is 10.3 Å². The molecule has 1 N–H and O–H groups in total. The van der Waals surface area contributed by atoms with Crippen LogP contribution in [-0.2, 0) is 27.8 Å². The first kappa shape index (κ1) is 16.6. The van der Waals surface area contributed by atoms with E-state index in [9.17, 15) is 13.2 Å². The van der Waals surface area contributed by atoms with E-state index >= 15 is 0 Å². The third kappa shape index (κ3) is 3.32. The molecule has 0 fully saturated rings. The Kier molecular flexibility index (Phi) is 4.64. The molecule has 6 nitrogen and oxygen atoms in total. The Balaban J connectivity index is 1.92. The summed E-state index contributed by atoms with van der Waals surface area (Å²) in [6.45, 7) is 1.81. The summed E-state index contributed by atoms with van der Waals surface area (Å²) in [5, 5.41) is 2.76. The predicted octanol–water partition coefficient (Wildman–Crippen LogP) is 1.80. The van der Waals surface area contributed by atoms with Gasteiger partial charge in [0.1, 0.15) is 6.04 Å². The number of nitrogens with one attached hydrogen (secondary N) is 1. The highest BCUT2D eigenvalue weighted by Gasteiger charge is 2.37. The average Bonchev–Trinajstić information content (AvgIpc) is 2.61. The van der Waals surface area contributed by atoms with E-state index < -0.39 is 16.1 Å². The number of nitrogens with zero attached hydrogens (tertiary/aromatic N) is 2. The first-order valence-electron chi connectivity index (χ1n) is 7.78. The van der Waals surface area contributed by atoms with Crippen LogP contribution in [0, 0.1) is 0 Å². The van der Waals surface area contributed by atoms with Crippen LogP contribution in [0.4, 0.5) is 5.69 Å². The number of aromatic nitrogens is 1. The van der Waals surface area contributed by atoms with Crippen molar-refractivity contribution in [3.63, 3.8) is 0 Å². The minimum absolute atomic E-state index is 0.0359. The molecule has 0 saturated carbocycles. The number of hydrogen-bond acceptors (Lipinski definition) is 4. The number of carbonyl (C=O) groups is 1. The van der Waals surface area contributed by atoms with Gasteiger partial charge in [-0.15, -0.1) is 0 Å². The fourth-order valence-electron chi connectivity index (χ4n) is 2.84. The molecule has 3 rings (SSSR count). The van der Waals surface area contributed by atoms with Gasteiger partial charge in [0.25, 0.3) is 0 Å². The predicted molar refractivity (Wildman–Crippen MR) is 91.8 cm³/mol. The summed E-state index contributed by atoms with van der Waals surface area (Å²) in [6.07, 6.45) is 3.51. The van der Waals surface area contributed by atoms with Gasteiger partial charge in [0, 0.05) is 12.7 Å². The zero-order chi connectivity index (χ0) is 17.2. The molecule has 0 bridgehead atoms. The van der Waals surface area contributed by atoms with Crippen LogP contribution in [0.25, 0.3) is 0 Å². The van der Waals surface area contributed by atoms with Crippen LogP contribution in [0.1, 0.15) is 18.1 Å². The topological polar surface area (TPSA) is 79.4 Å². The van der Waals surface area contributed by atoms with E-state index in [4.69, 9.17) is 0 Å². The van der Waals surface area contributed by atoms with Crippen molar-refractivity contribution in [1.82, 2.24) is 9.29 Å². The highest BCUT2D eigenvalue weighted by Crippen LogP contribution is 2.26. The van der Waals surface area contributed by atoms with Gasteiger partial charge in [0.2, 0.25) is 15.9 Å². The highest BCUT2D eigenvalue weighted by molar-refractivity contribution is 7.89. The fraction of sp³-hybridized carbons (Fsp3) is 0.294. The van der Waals surface area contributed by atoms with Crippen molar-refractivity contribution in [2.24, 2.45) is 0 Å². The Morgan fingerprint density at radius 2 is 2.00 bits per heavy atom. The van der Waals surface area contributed by atoms with Gasteiger partial charge >= 0.3 is 0 Å². The number of benzene rings is 1. The van der Waals surface area contributed by atoms with Gasteiger partial charge in [0.05, 0.1) is 17.6 Å². The monoisotopic (exact) mass is 345 g/mol. The van der Waals surface area contributed by atoms with Crippen LogP contribution in [0.2, 0.25) is 0 Å². The van der Waals surface area contributed by atoms with Gasteiger partial charge in [-0.1, -0.05) is 24.3 Å². The molecule has 2 aromatic rings. The lowest BCUT2D eigenvalue weighted by Crippen LogP contribution is -2.51. The first-order chi connectivity index (χ1) is 11.5. The molecular formula is C17H19N3O3S. The average molecular weight is 345 g/mol. The molecule has 7 heteroatoms. The van der Waals surface area contributed by atoms with Crippen molar-refractivity contribution in [2.45, 2.75) is 25.9 Å². The summed E-state index contributed by atoms with van der Waals surface area (Å²) in [4.78, 5) is 16.7. The number of rotatable bonds is 4. The molecule has 0 saturated heterocycles. The number of carbonyl (C=O) groups excluding carboxylic acids is 1. The summed E-state index contributed by atoms with van der Waals surface area (Å²) >= 11 is 0. The summed E-state index contributed by atoms with van der Waals surface area (Å²) in [7, 11) is -3.49. The molecule has 2 heterocycles. The Morgan fingerprint density at radius 1 is 1.25 bits per heavy atom. The Bertz CT molecular complexity index is 837. The summed E-state index contributed by atoms with van der Waals surface area (Å²) in [5.74, 6) is -0.374. The SMILES string of the molecule is CCS(=O)(=O)N1Cc2ccccc2CC1C(=O)Nc1cccnc1. The van der Waals surface area contributed by atoms with Crippen molar-refractivity contribution >= 4 is 21.6 Å². The van der Waals surface area contributed by atoms with Gasteiger partial charge in [-0.05, 0) is 36.6 Å². The third-order valence-corrected chi connectivity index (χ3v) is 5.99. The molecule has 1 amide bonds. The molecule has 1 aromatic carbocycles. The Hall–Kier alpha value is -2.25. The zero-order valence-corrected chi connectivity index (χ0v) is 14.2. The van der Waals surface area contributed by atoms with E-state index in [-0.39, 0.29) is 18.2 Å². The molecular weight excluding hydrogens is 326 g/mol. The van der Waals surface area contributed by atoms with E-state index in [1.54, 1.807) is 25.3 Å². The van der Waals surface area contributed by atoms with Gasteiger partial charge in [-0.25, -0.2) is 8.42 Å². The quantitative estimate of drug-likeness (QED) is 0.916. The molecule has 126 valence electrons. The Morgan fingerprint density at radius 3 is 2.67 bits per heavy atom. The minimum Gasteiger partial charge on any atom is -0.323 e. The van der Waals surface area contributed by atoms with Crippen LogP contribution in [0.15, 0.2) is 48.8 Å². The lowest BCUT2D eigenvalue weighted by molar-refractivity contribution is -0.120.